The van der Waals surface area contributed by atoms with Gasteiger partial charge in [0.1, 0.15) is 12.4 Å². The van der Waals surface area contributed by atoms with Crippen LogP contribution in [0.25, 0.3) is 6.08 Å². The van der Waals surface area contributed by atoms with Crippen molar-refractivity contribution >= 4 is 12.0 Å². The summed E-state index contributed by atoms with van der Waals surface area (Å²) in [6.45, 7) is 0.851. The molecule has 2 aromatic heterocycles. The number of halogens is 1. The van der Waals surface area contributed by atoms with Gasteiger partial charge in [-0.15, -0.1) is 0 Å². The van der Waals surface area contributed by atoms with E-state index < -0.39 is 5.82 Å². The normalized spacial score (nSPS) is 18.2. The quantitative estimate of drug-likeness (QED) is 0.763. The fourth-order valence-electron chi connectivity index (χ4n) is 3.01. The van der Waals surface area contributed by atoms with Crippen molar-refractivity contribution in [1.29, 1.82) is 0 Å². The third-order valence-electron chi connectivity index (χ3n) is 4.23. The molecule has 1 unspecified atom stereocenters. The molecule has 0 spiro atoms. The van der Waals surface area contributed by atoms with Crippen LogP contribution in [0.3, 0.4) is 0 Å². The lowest BCUT2D eigenvalue weighted by molar-refractivity contribution is -0.128. The second-order valence-corrected chi connectivity index (χ2v) is 6.15. The molecule has 1 aliphatic rings. The lowest BCUT2D eigenvalue weighted by atomic mass is 10.1. The minimum absolute atomic E-state index is 0.167. The standard InChI is InChI=1S/C18H21FN4O3/c1-25-12-16-21-18(22-26-16)15-5-3-2-4-8-23(15)17(24)7-6-13-9-14(19)11-20-10-13/h6-7,9-11,15H,2-5,8,12H2,1H3. The lowest BCUT2D eigenvalue weighted by Gasteiger charge is -2.26. The van der Waals surface area contributed by atoms with E-state index in [2.05, 4.69) is 15.1 Å². The highest BCUT2D eigenvalue weighted by Crippen LogP contribution is 2.29. The number of aromatic nitrogens is 3. The van der Waals surface area contributed by atoms with Gasteiger partial charge in [-0.25, -0.2) is 4.39 Å². The van der Waals surface area contributed by atoms with E-state index >= 15 is 0 Å². The number of amides is 1. The van der Waals surface area contributed by atoms with E-state index in [9.17, 15) is 9.18 Å². The Bertz CT molecular complexity index is 777. The molecule has 1 fully saturated rings. The van der Waals surface area contributed by atoms with Gasteiger partial charge in [0.15, 0.2) is 5.82 Å². The summed E-state index contributed by atoms with van der Waals surface area (Å²) < 4.78 is 23.4. The number of rotatable bonds is 5. The Hall–Kier alpha value is -2.61. The maximum absolute atomic E-state index is 13.2. The van der Waals surface area contributed by atoms with Crippen molar-refractivity contribution < 1.29 is 18.4 Å². The molecule has 1 saturated heterocycles. The molecule has 1 aliphatic heterocycles. The van der Waals surface area contributed by atoms with E-state index in [1.165, 1.54) is 18.3 Å². The Labute approximate surface area is 150 Å². The fourth-order valence-corrected chi connectivity index (χ4v) is 3.01. The molecule has 138 valence electrons. The highest BCUT2D eigenvalue weighted by Gasteiger charge is 2.29. The molecule has 1 amide bonds. The van der Waals surface area contributed by atoms with Gasteiger partial charge in [0.2, 0.25) is 5.91 Å². The maximum Gasteiger partial charge on any atom is 0.252 e. The summed E-state index contributed by atoms with van der Waals surface area (Å²) in [5, 5.41) is 4.02. The Morgan fingerprint density at radius 3 is 3.12 bits per heavy atom. The largest absolute Gasteiger partial charge is 0.375 e. The molecule has 8 heteroatoms. The van der Waals surface area contributed by atoms with Crippen molar-refractivity contribution in [2.24, 2.45) is 0 Å². The second kappa shape index (κ2) is 8.66. The van der Waals surface area contributed by atoms with E-state index in [0.717, 1.165) is 31.9 Å². The van der Waals surface area contributed by atoms with Crippen LogP contribution >= 0.6 is 0 Å². The first-order valence-electron chi connectivity index (χ1n) is 8.58. The van der Waals surface area contributed by atoms with Crippen LogP contribution < -0.4 is 0 Å². The molecule has 0 aliphatic carbocycles. The number of hydrogen-bond acceptors (Lipinski definition) is 6. The van der Waals surface area contributed by atoms with Crippen molar-refractivity contribution in [3.05, 3.63) is 47.6 Å². The molecule has 3 rings (SSSR count). The molecule has 0 aromatic carbocycles. The molecule has 7 nitrogen and oxygen atoms in total. The second-order valence-electron chi connectivity index (χ2n) is 6.15. The minimum Gasteiger partial charge on any atom is -0.375 e. The van der Waals surface area contributed by atoms with Gasteiger partial charge in [-0.1, -0.05) is 18.0 Å². The summed E-state index contributed by atoms with van der Waals surface area (Å²) in [7, 11) is 1.55. The van der Waals surface area contributed by atoms with Gasteiger partial charge in [-0.3, -0.25) is 9.78 Å². The maximum atomic E-state index is 13.2. The van der Waals surface area contributed by atoms with Crippen LogP contribution in [-0.2, 0) is 16.1 Å². The van der Waals surface area contributed by atoms with Crippen molar-refractivity contribution in [1.82, 2.24) is 20.0 Å². The Kier molecular flexibility index (Phi) is 6.06. The molecule has 0 saturated carbocycles. The zero-order valence-corrected chi connectivity index (χ0v) is 14.6. The summed E-state index contributed by atoms with van der Waals surface area (Å²) in [5.74, 6) is 0.276. The molecule has 3 heterocycles. The smallest absolute Gasteiger partial charge is 0.252 e. The average Bonchev–Trinajstić information content (AvgIpc) is 2.95. The summed E-state index contributed by atoms with van der Waals surface area (Å²) in [5.41, 5.74) is 0.534. The number of pyridine rings is 1. The molecule has 26 heavy (non-hydrogen) atoms. The van der Waals surface area contributed by atoms with Crippen molar-refractivity contribution in [2.75, 3.05) is 13.7 Å². The molecule has 1 atom stereocenters. The number of carbonyl (C=O) groups is 1. The number of hydrogen-bond donors (Lipinski definition) is 0. The number of nitrogens with zero attached hydrogens (tertiary/aromatic N) is 4. The predicted molar refractivity (Wildman–Crippen MR) is 91.2 cm³/mol. The first-order valence-corrected chi connectivity index (χ1v) is 8.58. The van der Waals surface area contributed by atoms with Crippen LogP contribution in [0.1, 0.15) is 49.0 Å². The van der Waals surface area contributed by atoms with Crippen LogP contribution in [0.2, 0.25) is 0 Å². The van der Waals surface area contributed by atoms with Gasteiger partial charge in [0.25, 0.3) is 5.89 Å². The Morgan fingerprint density at radius 1 is 1.42 bits per heavy atom. The topological polar surface area (TPSA) is 81.4 Å². The Balaban J connectivity index is 1.78. The third-order valence-corrected chi connectivity index (χ3v) is 4.23. The van der Waals surface area contributed by atoms with Gasteiger partial charge in [-0.2, -0.15) is 4.98 Å². The zero-order valence-electron chi connectivity index (χ0n) is 14.6. The van der Waals surface area contributed by atoms with E-state index in [0.29, 0.717) is 23.8 Å². The van der Waals surface area contributed by atoms with E-state index in [4.69, 9.17) is 9.26 Å². The van der Waals surface area contributed by atoms with Crippen LogP contribution in [-0.4, -0.2) is 39.6 Å². The summed E-state index contributed by atoms with van der Waals surface area (Å²) in [6.07, 6.45) is 9.34. The highest BCUT2D eigenvalue weighted by atomic mass is 19.1. The monoisotopic (exact) mass is 360 g/mol. The van der Waals surface area contributed by atoms with Crippen molar-refractivity contribution in [2.45, 2.75) is 38.3 Å². The molecular formula is C18H21FN4O3. The summed E-state index contributed by atoms with van der Waals surface area (Å²) >= 11 is 0. The van der Waals surface area contributed by atoms with Crippen molar-refractivity contribution in [3.63, 3.8) is 0 Å². The van der Waals surface area contributed by atoms with Crippen LogP contribution in [0, 0.1) is 5.82 Å². The zero-order chi connectivity index (χ0) is 18.4. The molecule has 0 N–H and O–H groups in total. The first-order chi connectivity index (χ1) is 12.7. The minimum atomic E-state index is -0.440. The number of methoxy groups -OCH3 is 1. The molecular weight excluding hydrogens is 339 g/mol. The van der Waals surface area contributed by atoms with Crippen LogP contribution in [0.15, 0.2) is 29.1 Å². The fraction of sp³-hybridized carbons (Fsp3) is 0.444. The number of likely N-dealkylation sites (tertiary alicyclic amines) is 1. The summed E-state index contributed by atoms with van der Waals surface area (Å²) in [4.78, 5) is 22.6. The average molecular weight is 360 g/mol. The van der Waals surface area contributed by atoms with Gasteiger partial charge < -0.3 is 14.2 Å². The summed E-state index contributed by atoms with van der Waals surface area (Å²) in [6, 6.07) is 1.09. The van der Waals surface area contributed by atoms with Gasteiger partial charge in [-0.05, 0) is 30.5 Å². The first kappa shape index (κ1) is 18.2. The lowest BCUT2D eigenvalue weighted by Crippen LogP contribution is -2.34. The van der Waals surface area contributed by atoms with Crippen LogP contribution in [0.5, 0.6) is 0 Å². The van der Waals surface area contributed by atoms with E-state index in [1.807, 2.05) is 0 Å². The van der Waals surface area contributed by atoms with E-state index in [1.54, 1.807) is 18.1 Å². The van der Waals surface area contributed by atoms with E-state index in [-0.39, 0.29) is 18.6 Å². The van der Waals surface area contributed by atoms with Crippen molar-refractivity contribution in [3.8, 4) is 0 Å². The number of ether oxygens (including phenoxy) is 1. The van der Waals surface area contributed by atoms with Gasteiger partial charge in [0, 0.05) is 25.9 Å². The number of carbonyl (C=O) groups excluding carboxylic acids is 1. The van der Waals surface area contributed by atoms with Crippen LogP contribution in [0.4, 0.5) is 4.39 Å². The molecule has 0 bridgehead atoms. The predicted octanol–water partition coefficient (Wildman–Crippen LogP) is 2.91. The SMILES string of the molecule is COCc1nc(C2CCCCCN2C(=O)C=Cc2cncc(F)c2)no1. The highest BCUT2D eigenvalue weighted by molar-refractivity contribution is 5.92. The third kappa shape index (κ3) is 4.51. The molecule has 0 radical (unpaired) electrons. The van der Waals surface area contributed by atoms with Gasteiger partial charge in [0.05, 0.1) is 12.2 Å². The Morgan fingerprint density at radius 2 is 2.31 bits per heavy atom. The van der Waals surface area contributed by atoms with Gasteiger partial charge >= 0.3 is 0 Å². The molecule has 2 aromatic rings.